The number of rotatable bonds is 16. The van der Waals surface area contributed by atoms with Crippen LogP contribution in [0.4, 0.5) is 54.6 Å². The first-order valence-corrected chi connectivity index (χ1v) is 21.8. The molecule has 0 saturated carbocycles. The summed E-state index contributed by atoms with van der Waals surface area (Å²) in [7, 11) is 0. The molecule has 16 nitrogen and oxygen atoms in total. The molecule has 0 aromatic carbocycles. The quantitative estimate of drug-likeness (QED) is 0.0918. The summed E-state index contributed by atoms with van der Waals surface area (Å²) in [6.07, 6.45) is -6.02. The topological polar surface area (TPSA) is 223 Å². The first kappa shape index (κ1) is 57.1. The average Bonchev–Trinajstić information content (AvgIpc) is 3.77. The monoisotopic (exact) mass is 994 g/mol. The molecule has 0 aliphatic carbocycles. The molecule has 4 heterocycles. The highest BCUT2D eigenvalue weighted by Gasteiger charge is 2.41. The number of anilines is 2. The molecule has 2 fully saturated rings. The third kappa shape index (κ3) is 21.1. The number of nitrogens with zero attached hydrogens (tertiary/aromatic N) is 5. The Kier molecular flexibility index (Phi) is 21.3. The van der Waals surface area contributed by atoms with Crippen LogP contribution in [0, 0.1) is 23.7 Å². The maximum absolute atomic E-state index is 12.8. The summed E-state index contributed by atoms with van der Waals surface area (Å²) in [5.41, 5.74) is -0.662. The number of ether oxygens (including phenoxy) is 1. The molecule has 3 amide bonds. The largest absolute Gasteiger partial charge is 0.490 e. The SMILES string of the molecule is CC(C)C[C@@H](/C=C/C(=O)Nc1nnc(C(F)(F)F)s1)CC(=O)[C@@H]1CCN1.CC(C)C[C@@H](/C=C/C(=O)Nc1nnc(C(F)(F)F)s1)CC(=O)[C@@H]1CCN1C(=O)OC(C)(C)C.O=C(O)C(F)(F)F. The minimum absolute atomic E-state index is 0.101. The minimum Gasteiger partial charge on any atom is -0.475 e. The molecule has 2 aromatic rings. The zero-order valence-corrected chi connectivity index (χ0v) is 38.3. The van der Waals surface area contributed by atoms with Gasteiger partial charge in [0.15, 0.2) is 5.78 Å². The van der Waals surface area contributed by atoms with Gasteiger partial charge in [0, 0.05) is 19.4 Å². The highest BCUT2D eigenvalue weighted by atomic mass is 32.1. The van der Waals surface area contributed by atoms with Crippen molar-refractivity contribution in [2.45, 2.75) is 123 Å². The number of Topliss-reactive ketones (excluding diaryl/α,β-unsaturated/α-hetero) is 2. The number of hydrogen-bond acceptors (Lipinski definition) is 14. The average molecular weight is 995 g/mol. The Labute approximate surface area is 381 Å². The fraction of sp³-hybridized carbons (Fsp3) is 0.641. The summed E-state index contributed by atoms with van der Waals surface area (Å²) in [4.78, 5) is 71.6. The van der Waals surface area contributed by atoms with Gasteiger partial charge >= 0.3 is 30.6 Å². The highest BCUT2D eigenvalue weighted by Crippen LogP contribution is 2.34. The maximum atomic E-state index is 12.8. The molecule has 4 atom stereocenters. The third-order valence-corrected chi connectivity index (χ3v) is 10.6. The minimum atomic E-state index is -5.08. The van der Waals surface area contributed by atoms with E-state index in [-0.39, 0.29) is 74.7 Å². The van der Waals surface area contributed by atoms with E-state index < -0.39 is 64.1 Å². The number of amides is 3. The predicted molar refractivity (Wildman–Crippen MR) is 222 cm³/mol. The first-order chi connectivity index (χ1) is 30.2. The Morgan fingerprint density at radius 3 is 1.44 bits per heavy atom. The number of likely N-dealkylation sites (tertiary alicyclic amines) is 1. The van der Waals surface area contributed by atoms with Crippen LogP contribution >= 0.6 is 22.7 Å². The van der Waals surface area contributed by atoms with Crippen LogP contribution in [0.15, 0.2) is 24.3 Å². The van der Waals surface area contributed by atoms with E-state index in [1.54, 1.807) is 32.9 Å². The van der Waals surface area contributed by atoms with Crippen LogP contribution in [0.5, 0.6) is 0 Å². The second-order valence-electron chi connectivity index (χ2n) is 16.7. The molecule has 0 radical (unpaired) electrons. The van der Waals surface area contributed by atoms with Crippen molar-refractivity contribution in [2.75, 3.05) is 23.7 Å². The van der Waals surface area contributed by atoms with Crippen molar-refractivity contribution in [3.05, 3.63) is 34.3 Å². The van der Waals surface area contributed by atoms with Crippen LogP contribution in [0.2, 0.25) is 0 Å². The number of aliphatic carboxylic acids is 1. The Hall–Kier alpha value is -5.05. The fourth-order valence-corrected chi connectivity index (χ4v) is 7.04. The standard InChI is InChI=1S/C21H29F3N4O4S.C16H21F3N4O2S.C2HF3O2/c1-12(2)10-13(6-7-16(30)25-18-27-26-17(33-18)21(22,23)24)11-15(29)14-8-9-28(14)19(31)32-20(3,4)5;1-9(2)7-10(8-12(24)11-5-6-20-11)3-4-13(25)21-15-23-22-14(26-15)16(17,18)19;3-2(4,5)1(6)7/h6-7,12-14H,8-11H2,1-5H3,(H,25,27,30);3-4,9-11,20H,5-8H2,1-2H3,(H,21,23,25);(H,6,7)/b7-6+;4-3+;/t13-,14+;10-,11+;/m11./s1. The number of nitrogens with one attached hydrogen (secondary N) is 3. The van der Waals surface area contributed by atoms with Gasteiger partial charge in [0.1, 0.15) is 11.4 Å². The molecule has 4 rings (SSSR count). The number of halogens is 9. The van der Waals surface area contributed by atoms with Crippen LogP contribution in [0.25, 0.3) is 0 Å². The van der Waals surface area contributed by atoms with E-state index in [1.807, 2.05) is 27.7 Å². The number of allylic oxidation sites excluding steroid dienone is 2. The highest BCUT2D eigenvalue weighted by molar-refractivity contribution is 7.15. The Morgan fingerprint density at radius 1 is 0.742 bits per heavy atom. The number of ketones is 2. The Morgan fingerprint density at radius 2 is 1.15 bits per heavy atom. The molecule has 2 aromatic heterocycles. The van der Waals surface area contributed by atoms with E-state index in [4.69, 9.17) is 14.6 Å². The first-order valence-electron chi connectivity index (χ1n) is 20.1. The fourth-order valence-electron chi connectivity index (χ4n) is 5.81. The molecule has 2 aliphatic rings. The van der Waals surface area contributed by atoms with Crippen molar-refractivity contribution in [1.29, 1.82) is 0 Å². The van der Waals surface area contributed by atoms with Crippen molar-refractivity contribution in [3.63, 3.8) is 0 Å². The lowest BCUT2D eigenvalue weighted by atomic mass is 9.87. The lowest BCUT2D eigenvalue weighted by molar-refractivity contribution is -0.192. The van der Waals surface area contributed by atoms with Crippen LogP contribution in [-0.4, -0.2) is 103 Å². The van der Waals surface area contributed by atoms with Crippen molar-refractivity contribution >= 4 is 68.4 Å². The molecule has 0 spiro atoms. The number of carboxylic acid groups (broad SMARTS) is 1. The number of carboxylic acids is 1. The summed E-state index contributed by atoms with van der Waals surface area (Å²) in [6.45, 7) is 14.5. The molecule has 27 heteroatoms. The summed E-state index contributed by atoms with van der Waals surface area (Å²) in [6, 6.07) is -0.659. The van der Waals surface area contributed by atoms with Crippen LogP contribution < -0.4 is 16.0 Å². The molecule has 0 unspecified atom stereocenters. The molecule has 4 N–H and O–H groups in total. The summed E-state index contributed by atoms with van der Waals surface area (Å²) < 4.78 is 112. The van der Waals surface area contributed by atoms with E-state index in [0.717, 1.165) is 19.4 Å². The second kappa shape index (κ2) is 24.6. The van der Waals surface area contributed by atoms with Crippen LogP contribution in [0.1, 0.15) is 97.0 Å². The number of carbonyl (C=O) groups is 6. The van der Waals surface area contributed by atoms with Crippen LogP contribution in [0.3, 0.4) is 0 Å². The number of carbonyl (C=O) groups excluding carboxylic acids is 5. The van der Waals surface area contributed by atoms with Gasteiger partial charge in [-0.1, -0.05) is 62.5 Å². The van der Waals surface area contributed by atoms with Gasteiger partial charge in [0.25, 0.3) is 0 Å². The zero-order chi connectivity index (χ0) is 50.4. The molecule has 370 valence electrons. The molecular formula is C39H51F9N8O8S2. The van der Waals surface area contributed by atoms with Crippen molar-refractivity contribution in [1.82, 2.24) is 30.6 Å². The number of aromatic nitrogens is 4. The van der Waals surface area contributed by atoms with E-state index in [9.17, 15) is 63.5 Å². The van der Waals surface area contributed by atoms with Gasteiger partial charge in [-0.25, -0.2) is 9.59 Å². The molecular weight excluding hydrogens is 944 g/mol. The van der Waals surface area contributed by atoms with E-state index in [2.05, 4.69) is 36.3 Å². The van der Waals surface area contributed by atoms with Crippen molar-refractivity contribution in [2.24, 2.45) is 23.7 Å². The maximum Gasteiger partial charge on any atom is 0.490 e. The van der Waals surface area contributed by atoms with Gasteiger partial charge in [-0.2, -0.15) is 39.5 Å². The Bertz CT molecular complexity index is 2030. The van der Waals surface area contributed by atoms with Gasteiger partial charge in [-0.15, -0.1) is 20.4 Å². The zero-order valence-electron chi connectivity index (χ0n) is 36.7. The summed E-state index contributed by atoms with van der Waals surface area (Å²) >= 11 is 0.491. The predicted octanol–water partition coefficient (Wildman–Crippen LogP) is 8.35. The van der Waals surface area contributed by atoms with Gasteiger partial charge in [-0.05, 0) is 88.8 Å². The smallest absolute Gasteiger partial charge is 0.475 e. The molecule has 2 saturated heterocycles. The van der Waals surface area contributed by atoms with Crippen molar-refractivity contribution in [3.8, 4) is 0 Å². The molecule has 2 aliphatic heterocycles. The number of alkyl halides is 9. The molecule has 0 bridgehead atoms. The van der Waals surface area contributed by atoms with Gasteiger partial charge in [0.2, 0.25) is 32.1 Å². The van der Waals surface area contributed by atoms with Gasteiger partial charge in [0.05, 0.1) is 12.1 Å². The Balaban J connectivity index is 0.000000404. The van der Waals surface area contributed by atoms with E-state index in [0.29, 0.717) is 31.7 Å². The lowest BCUT2D eigenvalue weighted by Crippen LogP contribution is -2.56. The van der Waals surface area contributed by atoms with Crippen molar-refractivity contribution < 1.29 is 78.1 Å². The van der Waals surface area contributed by atoms with Crippen LogP contribution in [-0.2, 0) is 41.1 Å². The van der Waals surface area contributed by atoms with Gasteiger partial charge < -0.3 is 15.2 Å². The number of hydrogen-bond donors (Lipinski definition) is 4. The summed E-state index contributed by atoms with van der Waals surface area (Å²) in [5.74, 6) is -3.83. The van der Waals surface area contributed by atoms with E-state index >= 15 is 0 Å². The second-order valence-corrected chi connectivity index (χ2v) is 18.7. The van der Waals surface area contributed by atoms with E-state index in [1.165, 1.54) is 17.1 Å². The van der Waals surface area contributed by atoms with Gasteiger partial charge in [-0.3, -0.25) is 34.7 Å². The normalized spacial score (nSPS) is 17.5. The third-order valence-electron chi connectivity index (χ3n) is 8.78. The summed E-state index contributed by atoms with van der Waals surface area (Å²) in [5, 5.41) is 24.6. The lowest BCUT2D eigenvalue weighted by Gasteiger charge is -2.40. The molecule has 66 heavy (non-hydrogen) atoms.